The third-order valence-electron chi connectivity index (χ3n) is 3.30. The number of hydrogen-bond donors (Lipinski definition) is 1. The molecule has 0 fully saturated rings. The highest BCUT2D eigenvalue weighted by atomic mass is 32.2. The average molecular weight is 337 g/mol. The fourth-order valence-electron chi connectivity index (χ4n) is 2.03. The normalized spacial score (nSPS) is 11.3. The largest absolute Gasteiger partial charge is 0.360 e. The van der Waals surface area contributed by atoms with E-state index in [2.05, 4.69) is 10.5 Å². The summed E-state index contributed by atoms with van der Waals surface area (Å²) >= 11 is 0. The van der Waals surface area contributed by atoms with Gasteiger partial charge in [0.1, 0.15) is 12.3 Å². The SMILES string of the molecule is Cc1cc(N(CC(=O)NCc2ccccc2C)S(C)(=O)=O)no1. The molecule has 0 bridgehead atoms. The lowest BCUT2D eigenvalue weighted by molar-refractivity contribution is -0.119. The quantitative estimate of drug-likeness (QED) is 0.859. The maximum absolute atomic E-state index is 12.1. The molecule has 0 saturated heterocycles. The zero-order valence-electron chi connectivity index (χ0n) is 13.2. The first-order valence-corrected chi connectivity index (χ1v) is 8.84. The molecule has 2 aromatic rings. The Hall–Kier alpha value is -2.35. The highest BCUT2D eigenvalue weighted by Crippen LogP contribution is 2.16. The number of amides is 1. The van der Waals surface area contributed by atoms with Crippen LogP contribution in [0.25, 0.3) is 0 Å². The van der Waals surface area contributed by atoms with Crippen molar-refractivity contribution in [2.45, 2.75) is 20.4 Å². The first kappa shape index (κ1) is 17.0. The van der Waals surface area contributed by atoms with Gasteiger partial charge >= 0.3 is 0 Å². The molecular weight excluding hydrogens is 318 g/mol. The van der Waals surface area contributed by atoms with Gasteiger partial charge in [0.15, 0.2) is 5.82 Å². The number of nitrogens with one attached hydrogen (secondary N) is 1. The molecule has 23 heavy (non-hydrogen) atoms. The van der Waals surface area contributed by atoms with Crippen molar-refractivity contribution in [3.8, 4) is 0 Å². The molecule has 0 saturated carbocycles. The van der Waals surface area contributed by atoms with E-state index in [1.54, 1.807) is 6.92 Å². The lowest BCUT2D eigenvalue weighted by Crippen LogP contribution is -2.40. The van der Waals surface area contributed by atoms with Crippen molar-refractivity contribution in [3.05, 3.63) is 47.2 Å². The number of aryl methyl sites for hydroxylation is 2. The number of benzene rings is 1. The van der Waals surface area contributed by atoms with Gasteiger partial charge in [-0.2, -0.15) is 0 Å². The van der Waals surface area contributed by atoms with Crippen molar-refractivity contribution in [3.63, 3.8) is 0 Å². The minimum absolute atomic E-state index is 0.0936. The Balaban J connectivity index is 2.05. The molecular formula is C15H19N3O4S. The van der Waals surface area contributed by atoms with Crippen LogP contribution in [0, 0.1) is 13.8 Å². The maximum Gasteiger partial charge on any atom is 0.241 e. The number of rotatable bonds is 6. The first-order valence-electron chi connectivity index (χ1n) is 6.99. The number of sulfonamides is 1. The third-order valence-corrected chi connectivity index (χ3v) is 4.41. The van der Waals surface area contributed by atoms with Crippen molar-refractivity contribution < 1.29 is 17.7 Å². The van der Waals surface area contributed by atoms with E-state index in [0.29, 0.717) is 12.3 Å². The van der Waals surface area contributed by atoms with Gasteiger partial charge < -0.3 is 9.84 Å². The van der Waals surface area contributed by atoms with Crippen LogP contribution in [0.15, 0.2) is 34.9 Å². The Morgan fingerprint density at radius 3 is 2.57 bits per heavy atom. The van der Waals surface area contributed by atoms with E-state index >= 15 is 0 Å². The van der Waals surface area contributed by atoms with Gasteiger partial charge in [-0.1, -0.05) is 29.4 Å². The van der Waals surface area contributed by atoms with Crippen LogP contribution in [0.4, 0.5) is 5.82 Å². The summed E-state index contributed by atoms with van der Waals surface area (Å²) in [6.07, 6.45) is 1.02. The maximum atomic E-state index is 12.1. The molecule has 1 aromatic heterocycles. The van der Waals surface area contributed by atoms with Crippen molar-refractivity contribution >= 4 is 21.7 Å². The van der Waals surface area contributed by atoms with Gasteiger partial charge in [0.2, 0.25) is 15.9 Å². The van der Waals surface area contributed by atoms with Gasteiger partial charge in [-0.05, 0) is 25.0 Å². The number of carbonyl (C=O) groups is 1. The highest BCUT2D eigenvalue weighted by Gasteiger charge is 2.23. The Kier molecular flexibility index (Phi) is 5.05. The molecule has 1 heterocycles. The van der Waals surface area contributed by atoms with E-state index in [0.717, 1.165) is 21.7 Å². The Labute approximate surface area is 135 Å². The molecule has 124 valence electrons. The molecule has 7 nitrogen and oxygen atoms in total. The lowest BCUT2D eigenvalue weighted by atomic mass is 10.1. The minimum Gasteiger partial charge on any atom is -0.360 e. The highest BCUT2D eigenvalue weighted by molar-refractivity contribution is 7.92. The molecule has 8 heteroatoms. The van der Waals surface area contributed by atoms with Gasteiger partial charge in [0.25, 0.3) is 0 Å². The molecule has 0 radical (unpaired) electrons. The smallest absolute Gasteiger partial charge is 0.241 e. The molecule has 1 N–H and O–H groups in total. The molecule has 0 unspecified atom stereocenters. The molecule has 0 aliphatic rings. The number of carbonyl (C=O) groups excluding carboxylic acids is 1. The van der Waals surface area contributed by atoms with Crippen molar-refractivity contribution in [2.75, 3.05) is 17.1 Å². The van der Waals surface area contributed by atoms with Gasteiger partial charge in [-0.3, -0.25) is 4.79 Å². The van der Waals surface area contributed by atoms with E-state index in [9.17, 15) is 13.2 Å². The summed E-state index contributed by atoms with van der Waals surface area (Å²) in [6.45, 7) is 3.58. The predicted molar refractivity (Wildman–Crippen MR) is 86.5 cm³/mol. The molecule has 0 aliphatic carbocycles. The van der Waals surface area contributed by atoms with Crippen LogP contribution in [-0.2, 0) is 21.4 Å². The summed E-state index contributed by atoms with van der Waals surface area (Å²) in [5.41, 5.74) is 2.03. The van der Waals surface area contributed by atoms with Crippen molar-refractivity contribution in [1.82, 2.24) is 10.5 Å². The fourth-order valence-corrected chi connectivity index (χ4v) is 2.81. The minimum atomic E-state index is -3.64. The zero-order chi connectivity index (χ0) is 17.0. The van der Waals surface area contributed by atoms with Gasteiger partial charge in [0, 0.05) is 12.6 Å². The molecule has 0 aliphatic heterocycles. The molecule has 1 amide bonds. The summed E-state index contributed by atoms with van der Waals surface area (Å²) in [5.74, 6) is 0.143. The lowest BCUT2D eigenvalue weighted by Gasteiger charge is -2.18. The van der Waals surface area contributed by atoms with Crippen LogP contribution in [0.3, 0.4) is 0 Å². The summed E-state index contributed by atoms with van der Waals surface area (Å²) < 4.78 is 29.5. The molecule has 0 atom stereocenters. The molecule has 2 rings (SSSR count). The Morgan fingerprint density at radius 2 is 2.00 bits per heavy atom. The average Bonchev–Trinajstić information content (AvgIpc) is 2.89. The monoisotopic (exact) mass is 337 g/mol. The van der Waals surface area contributed by atoms with Crippen molar-refractivity contribution in [1.29, 1.82) is 0 Å². The predicted octanol–water partition coefficient (Wildman–Crippen LogP) is 1.37. The summed E-state index contributed by atoms with van der Waals surface area (Å²) in [6, 6.07) is 9.12. The van der Waals surface area contributed by atoms with E-state index in [1.807, 2.05) is 31.2 Å². The van der Waals surface area contributed by atoms with Crippen LogP contribution < -0.4 is 9.62 Å². The second-order valence-corrected chi connectivity index (χ2v) is 7.18. The summed E-state index contributed by atoms with van der Waals surface area (Å²) in [5, 5.41) is 6.38. The van der Waals surface area contributed by atoms with Crippen LogP contribution in [0.1, 0.15) is 16.9 Å². The summed E-state index contributed by atoms with van der Waals surface area (Å²) in [7, 11) is -3.64. The number of nitrogens with zero attached hydrogens (tertiary/aromatic N) is 2. The molecule has 0 spiro atoms. The van der Waals surface area contributed by atoms with E-state index < -0.39 is 15.9 Å². The fraction of sp³-hybridized carbons (Fsp3) is 0.333. The second-order valence-electron chi connectivity index (χ2n) is 5.27. The van der Waals surface area contributed by atoms with E-state index in [-0.39, 0.29) is 12.4 Å². The third kappa shape index (κ3) is 4.56. The zero-order valence-corrected chi connectivity index (χ0v) is 14.1. The van der Waals surface area contributed by atoms with E-state index in [4.69, 9.17) is 4.52 Å². The van der Waals surface area contributed by atoms with Gasteiger partial charge in [0.05, 0.1) is 6.26 Å². The standard InChI is InChI=1S/C15H19N3O4S/c1-11-6-4-5-7-13(11)9-16-15(19)10-18(23(3,20)21)14-8-12(2)22-17-14/h4-8H,9-10H2,1-3H3,(H,16,19). The van der Waals surface area contributed by atoms with Crippen LogP contribution in [0.2, 0.25) is 0 Å². The second kappa shape index (κ2) is 6.82. The first-order chi connectivity index (χ1) is 10.8. The Morgan fingerprint density at radius 1 is 1.30 bits per heavy atom. The van der Waals surface area contributed by atoms with Gasteiger partial charge in [-0.15, -0.1) is 0 Å². The number of hydrogen-bond acceptors (Lipinski definition) is 5. The summed E-state index contributed by atoms with van der Waals surface area (Å²) in [4.78, 5) is 12.1. The van der Waals surface area contributed by atoms with Crippen LogP contribution >= 0.6 is 0 Å². The molecule has 1 aromatic carbocycles. The van der Waals surface area contributed by atoms with E-state index in [1.165, 1.54) is 6.07 Å². The topological polar surface area (TPSA) is 92.5 Å². The van der Waals surface area contributed by atoms with Crippen molar-refractivity contribution in [2.24, 2.45) is 0 Å². The van der Waals surface area contributed by atoms with Crippen LogP contribution in [-0.4, -0.2) is 32.3 Å². The Bertz CT molecular complexity index is 799. The number of aromatic nitrogens is 1. The number of anilines is 1. The van der Waals surface area contributed by atoms with Gasteiger partial charge in [-0.25, -0.2) is 12.7 Å². The van der Waals surface area contributed by atoms with Crippen LogP contribution in [0.5, 0.6) is 0 Å².